The predicted octanol–water partition coefficient (Wildman–Crippen LogP) is 0.310. The van der Waals surface area contributed by atoms with Gasteiger partial charge in [0.2, 0.25) is 0 Å². The summed E-state index contributed by atoms with van der Waals surface area (Å²) in [5.41, 5.74) is 0.902. The molecule has 0 saturated carbocycles. The minimum Gasteiger partial charge on any atom is -0.487 e. The molecule has 0 atom stereocenters. The maximum atomic E-state index is 10.9. The zero-order valence-corrected chi connectivity index (χ0v) is 5.39. The fourth-order valence-electron chi connectivity index (χ4n) is 1.12. The fraction of sp³-hybridized carbons (Fsp3) is 0.286. The number of hydrogen-bond donors (Lipinski definition) is 1. The zero-order valence-electron chi connectivity index (χ0n) is 5.39. The van der Waals surface area contributed by atoms with Gasteiger partial charge in [-0.1, -0.05) is 0 Å². The van der Waals surface area contributed by atoms with Crippen molar-refractivity contribution in [2.75, 3.05) is 6.61 Å². The first kappa shape index (κ1) is 5.53. The third kappa shape index (κ3) is 0.635. The number of aromatic amines is 1. The van der Waals surface area contributed by atoms with E-state index in [4.69, 9.17) is 4.74 Å². The van der Waals surface area contributed by atoms with Crippen LogP contribution in [0.5, 0.6) is 5.75 Å². The molecule has 0 saturated heterocycles. The van der Waals surface area contributed by atoms with Crippen molar-refractivity contribution in [1.82, 2.24) is 4.98 Å². The molecule has 2 rings (SSSR count). The van der Waals surface area contributed by atoms with Crippen molar-refractivity contribution in [3.8, 4) is 5.75 Å². The number of H-pyrrole nitrogens is 1. The maximum absolute atomic E-state index is 10.9. The van der Waals surface area contributed by atoms with E-state index in [2.05, 4.69) is 4.98 Å². The van der Waals surface area contributed by atoms with Crippen LogP contribution in [0.3, 0.4) is 0 Å². The molecule has 3 nitrogen and oxygen atoms in total. The van der Waals surface area contributed by atoms with Crippen molar-refractivity contribution in [3.63, 3.8) is 0 Å². The van der Waals surface area contributed by atoms with Crippen molar-refractivity contribution in [2.45, 2.75) is 6.42 Å². The molecule has 1 aromatic heterocycles. The third-order valence-corrected chi connectivity index (χ3v) is 1.61. The first-order valence-corrected chi connectivity index (χ1v) is 3.21. The van der Waals surface area contributed by atoms with Crippen LogP contribution in [0.15, 0.2) is 17.1 Å². The number of rotatable bonds is 0. The summed E-state index contributed by atoms with van der Waals surface area (Å²) >= 11 is 0. The SMILES string of the molecule is O=c1[nH]ccc2c1OCC2. The first-order chi connectivity index (χ1) is 4.88. The number of ether oxygens (including phenoxy) is 1. The largest absolute Gasteiger partial charge is 0.487 e. The quantitative estimate of drug-likeness (QED) is 0.559. The Morgan fingerprint density at radius 1 is 1.60 bits per heavy atom. The van der Waals surface area contributed by atoms with Crippen LogP contribution in [0.4, 0.5) is 0 Å². The van der Waals surface area contributed by atoms with Crippen LogP contribution in [-0.4, -0.2) is 11.6 Å². The highest BCUT2D eigenvalue weighted by atomic mass is 16.5. The van der Waals surface area contributed by atoms with Gasteiger partial charge >= 0.3 is 0 Å². The minimum absolute atomic E-state index is 0.116. The van der Waals surface area contributed by atoms with Gasteiger partial charge in [0.05, 0.1) is 6.61 Å². The van der Waals surface area contributed by atoms with Gasteiger partial charge < -0.3 is 9.72 Å². The van der Waals surface area contributed by atoms with Crippen molar-refractivity contribution in [3.05, 3.63) is 28.2 Å². The van der Waals surface area contributed by atoms with E-state index in [-0.39, 0.29) is 5.56 Å². The van der Waals surface area contributed by atoms with Gasteiger partial charge in [-0.3, -0.25) is 4.79 Å². The van der Waals surface area contributed by atoms with Crippen LogP contribution < -0.4 is 10.3 Å². The molecule has 0 amide bonds. The number of hydrogen-bond acceptors (Lipinski definition) is 2. The molecule has 0 unspecified atom stereocenters. The number of aromatic nitrogens is 1. The lowest BCUT2D eigenvalue weighted by atomic mass is 10.2. The molecule has 1 aliphatic heterocycles. The Kier molecular flexibility index (Phi) is 1.03. The Labute approximate surface area is 57.7 Å². The standard InChI is InChI=1S/C7H7NO2/c9-7-6-5(1-3-8-7)2-4-10-6/h1,3H,2,4H2,(H,8,9). The zero-order chi connectivity index (χ0) is 6.97. The Bertz CT molecular complexity index is 303. The van der Waals surface area contributed by atoms with Gasteiger partial charge in [0.25, 0.3) is 5.56 Å². The lowest BCUT2D eigenvalue weighted by Gasteiger charge is -1.93. The first-order valence-electron chi connectivity index (χ1n) is 3.21. The molecule has 1 aromatic rings. The molecule has 3 heteroatoms. The van der Waals surface area contributed by atoms with Gasteiger partial charge in [0.15, 0.2) is 5.75 Å². The van der Waals surface area contributed by atoms with E-state index in [0.29, 0.717) is 12.4 Å². The summed E-state index contributed by atoms with van der Waals surface area (Å²) in [5, 5.41) is 0. The Hall–Kier alpha value is -1.25. The molecular weight excluding hydrogens is 130 g/mol. The molecule has 0 aliphatic carbocycles. The second-order valence-electron chi connectivity index (χ2n) is 2.26. The minimum atomic E-state index is -0.116. The van der Waals surface area contributed by atoms with E-state index in [1.54, 1.807) is 6.20 Å². The van der Waals surface area contributed by atoms with Crippen molar-refractivity contribution >= 4 is 0 Å². The summed E-state index contributed by atoms with van der Waals surface area (Å²) in [7, 11) is 0. The average molecular weight is 137 g/mol. The normalized spacial score (nSPS) is 14.4. The molecule has 1 N–H and O–H groups in total. The predicted molar refractivity (Wildman–Crippen MR) is 36.3 cm³/mol. The number of fused-ring (bicyclic) bond motifs is 1. The molecule has 1 aliphatic rings. The van der Waals surface area contributed by atoms with E-state index in [0.717, 1.165) is 12.0 Å². The molecule has 2 heterocycles. The van der Waals surface area contributed by atoms with Crippen molar-refractivity contribution in [2.24, 2.45) is 0 Å². The summed E-state index contributed by atoms with van der Waals surface area (Å²) in [6.07, 6.45) is 2.51. The summed E-state index contributed by atoms with van der Waals surface area (Å²) in [6.45, 7) is 0.641. The highest BCUT2D eigenvalue weighted by Gasteiger charge is 2.13. The van der Waals surface area contributed by atoms with Crippen molar-refractivity contribution in [1.29, 1.82) is 0 Å². The average Bonchev–Trinajstić information content (AvgIpc) is 2.36. The van der Waals surface area contributed by atoms with E-state index >= 15 is 0 Å². The molecule has 0 radical (unpaired) electrons. The van der Waals surface area contributed by atoms with Crippen LogP contribution in [0.2, 0.25) is 0 Å². The van der Waals surface area contributed by atoms with E-state index < -0.39 is 0 Å². The molecule has 52 valence electrons. The second-order valence-corrected chi connectivity index (χ2v) is 2.26. The van der Waals surface area contributed by atoms with E-state index in [1.165, 1.54) is 0 Å². The molecular formula is C7H7NO2. The Balaban J connectivity index is 2.70. The molecule has 0 spiro atoms. The highest BCUT2D eigenvalue weighted by Crippen LogP contribution is 2.17. The summed E-state index contributed by atoms with van der Waals surface area (Å²) < 4.78 is 5.09. The van der Waals surface area contributed by atoms with Crippen LogP contribution in [-0.2, 0) is 6.42 Å². The van der Waals surface area contributed by atoms with Gasteiger partial charge in [0.1, 0.15) is 0 Å². The van der Waals surface area contributed by atoms with Crippen LogP contribution >= 0.6 is 0 Å². The molecule has 0 fully saturated rings. The Morgan fingerprint density at radius 2 is 2.50 bits per heavy atom. The topological polar surface area (TPSA) is 42.1 Å². The van der Waals surface area contributed by atoms with E-state index in [9.17, 15) is 4.79 Å². The van der Waals surface area contributed by atoms with Gasteiger partial charge in [-0.2, -0.15) is 0 Å². The van der Waals surface area contributed by atoms with Gasteiger partial charge in [0, 0.05) is 18.2 Å². The van der Waals surface area contributed by atoms with Crippen molar-refractivity contribution < 1.29 is 4.74 Å². The maximum Gasteiger partial charge on any atom is 0.290 e. The summed E-state index contributed by atoms with van der Waals surface area (Å²) in [6, 6.07) is 1.88. The highest BCUT2D eigenvalue weighted by molar-refractivity contribution is 5.32. The van der Waals surface area contributed by atoms with E-state index in [1.807, 2.05) is 6.07 Å². The number of nitrogens with one attached hydrogen (secondary N) is 1. The second kappa shape index (κ2) is 1.87. The fourth-order valence-corrected chi connectivity index (χ4v) is 1.12. The molecule has 0 bridgehead atoms. The smallest absolute Gasteiger partial charge is 0.290 e. The van der Waals surface area contributed by atoms with Gasteiger partial charge in [-0.15, -0.1) is 0 Å². The lowest BCUT2D eigenvalue weighted by molar-refractivity contribution is 0.352. The molecule has 10 heavy (non-hydrogen) atoms. The van der Waals surface area contributed by atoms with Gasteiger partial charge in [-0.25, -0.2) is 0 Å². The summed E-state index contributed by atoms with van der Waals surface area (Å²) in [4.78, 5) is 13.5. The van der Waals surface area contributed by atoms with Crippen LogP contribution in [0.25, 0.3) is 0 Å². The summed E-state index contributed by atoms with van der Waals surface area (Å²) in [5.74, 6) is 0.502. The lowest BCUT2D eigenvalue weighted by Crippen LogP contribution is -2.06. The third-order valence-electron chi connectivity index (χ3n) is 1.61. The van der Waals surface area contributed by atoms with Crippen LogP contribution in [0.1, 0.15) is 5.56 Å². The molecule has 0 aromatic carbocycles. The van der Waals surface area contributed by atoms with Gasteiger partial charge in [-0.05, 0) is 6.07 Å². The number of pyridine rings is 1. The monoisotopic (exact) mass is 137 g/mol. The Morgan fingerprint density at radius 3 is 3.30 bits per heavy atom. The van der Waals surface area contributed by atoms with Crippen LogP contribution in [0, 0.1) is 0 Å².